The smallest absolute Gasteiger partial charge is 0.407 e. The first-order valence-corrected chi connectivity index (χ1v) is 11.3. The number of benzene rings is 2. The topological polar surface area (TPSA) is 103 Å². The lowest BCUT2D eigenvalue weighted by atomic mass is 10.1. The lowest BCUT2D eigenvalue weighted by Gasteiger charge is -2.19. The molecule has 0 saturated heterocycles. The SMILES string of the molecule is CC.COCCOc1ccc(NC(=O)c2cc(CNC(=O)OC(C)(C)C)ccc2Cl)cc1C=O. The zero-order valence-corrected chi connectivity index (χ0v) is 21.2. The molecule has 0 aromatic heterocycles. The van der Waals surface area contributed by atoms with Gasteiger partial charge >= 0.3 is 6.09 Å². The average molecular weight is 493 g/mol. The first kappa shape index (κ1) is 28.9. The molecule has 186 valence electrons. The number of hydrogen-bond donors (Lipinski definition) is 2. The Morgan fingerprint density at radius 1 is 1.06 bits per heavy atom. The van der Waals surface area contributed by atoms with E-state index in [1.165, 1.54) is 6.07 Å². The zero-order valence-electron chi connectivity index (χ0n) is 20.5. The Labute approximate surface area is 205 Å². The van der Waals surface area contributed by atoms with E-state index in [0.29, 0.717) is 42.1 Å². The second-order valence-electron chi connectivity index (χ2n) is 7.84. The molecule has 0 spiro atoms. The van der Waals surface area contributed by atoms with Crippen molar-refractivity contribution in [3.63, 3.8) is 0 Å². The summed E-state index contributed by atoms with van der Waals surface area (Å²) in [5.41, 5.74) is 0.980. The third kappa shape index (κ3) is 9.80. The number of carbonyl (C=O) groups excluding carboxylic acids is 3. The van der Waals surface area contributed by atoms with Crippen LogP contribution in [0.2, 0.25) is 5.02 Å². The van der Waals surface area contributed by atoms with E-state index in [-0.39, 0.29) is 17.1 Å². The van der Waals surface area contributed by atoms with Crippen LogP contribution in [0.1, 0.15) is 60.9 Å². The second kappa shape index (κ2) is 14.2. The number of nitrogens with one attached hydrogen (secondary N) is 2. The Bertz CT molecular complexity index is 972. The molecule has 0 aliphatic rings. The van der Waals surface area contributed by atoms with Crippen molar-refractivity contribution in [1.82, 2.24) is 5.32 Å². The van der Waals surface area contributed by atoms with Gasteiger partial charge in [0.05, 0.1) is 22.8 Å². The van der Waals surface area contributed by atoms with E-state index in [1.807, 2.05) is 13.8 Å². The first-order valence-electron chi connectivity index (χ1n) is 10.9. The number of halogens is 1. The van der Waals surface area contributed by atoms with Gasteiger partial charge in [-0.25, -0.2) is 4.79 Å². The van der Waals surface area contributed by atoms with Crippen LogP contribution in [0.5, 0.6) is 5.75 Å². The van der Waals surface area contributed by atoms with Crippen LogP contribution in [0.3, 0.4) is 0 Å². The third-order valence-electron chi connectivity index (χ3n) is 4.05. The van der Waals surface area contributed by atoms with Gasteiger partial charge in [-0.05, 0) is 56.7 Å². The van der Waals surface area contributed by atoms with Crippen LogP contribution in [-0.4, -0.2) is 44.2 Å². The Kier molecular flexibility index (Phi) is 12.1. The van der Waals surface area contributed by atoms with Gasteiger partial charge in [0.1, 0.15) is 18.0 Å². The quantitative estimate of drug-likeness (QED) is 0.355. The van der Waals surface area contributed by atoms with Crippen molar-refractivity contribution >= 4 is 35.6 Å². The molecule has 0 unspecified atom stereocenters. The van der Waals surface area contributed by atoms with Crippen molar-refractivity contribution in [2.45, 2.75) is 46.8 Å². The van der Waals surface area contributed by atoms with Crippen LogP contribution >= 0.6 is 11.6 Å². The summed E-state index contributed by atoms with van der Waals surface area (Å²) in [6.45, 7) is 10.1. The molecule has 2 rings (SSSR count). The summed E-state index contributed by atoms with van der Waals surface area (Å²) in [4.78, 5) is 36.0. The number of alkyl carbamates (subject to hydrolysis) is 1. The van der Waals surface area contributed by atoms with E-state index >= 15 is 0 Å². The summed E-state index contributed by atoms with van der Waals surface area (Å²) in [6, 6.07) is 9.58. The molecule has 34 heavy (non-hydrogen) atoms. The van der Waals surface area contributed by atoms with Gasteiger partial charge in [-0.15, -0.1) is 0 Å². The molecular formula is C25H33ClN2O6. The number of aldehydes is 1. The number of hydrogen-bond acceptors (Lipinski definition) is 6. The number of carbonyl (C=O) groups is 3. The minimum atomic E-state index is -0.611. The Hall–Kier alpha value is -3.10. The van der Waals surface area contributed by atoms with Crippen LogP contribution < -0.4 is 15.4 Å². The third-order valence-corrected chi connectivity index (χ3v) is 4.38. The molecule has 0 aliphatic carbocycles. The van der Waals surface area contributed by atoms with Crippen LogP contribution in [0.25, 0.3) is 0 Å². The van der Waals surface area contributed by atoms with Crippen LogP contribution in [0.4, 0.5) is 10.5 Å². The zero-order chi connectivity index (χ0) is 25.7. The lowest BCUT2D eigenvalue weighted by molar-refractivity contribution is 0.0523. The highest BCUT2D eigenvalue weighted by molar-refractivity contribution is 6.34. The van der Waals surface area contributed by atoms with Crippen molar-refractivity contribution in [2.24, 2.45) is 0 Å². The molecule has 0 fully saturated rings. The molecule has 0 atom stereocenters. The maximum Gasteiger partial charge on any atom is 0.407 e. The molecule has 9 heteroatoms. The number of methoxy groups -OCH3 is 1. The predicted molar refractivity (Wildman–Crippen MR) is 133 cm³/mol. The van der Waals surface area contributed by atoms with Gasteiger partial charge in [-0.1, -0.05) is 31.5 Å². The monoisotopic (exact) mass is 492 g/mol. The number of amides is 2. The lowest BCUT2D eigenvalue weighted by Crippen LogP contribution is -2.32. The molecule has 2 amide bonds. The minimum absolute atomic E-state index is 0.162. The maximum atomic E-state index is 12.8. The summed E-state index contributed by atoms with van der Waals surface area (Å²) in [5, 5.41) is 5.60. The fourth-order valence-corrected chi connectivity index (χ4v) is 2.83. The number of anilines is 1. The van der Waals surface area contributed by atoms with Crippen molar-refractivity contribution in [3.8, 4) is 5.75 Å². The summed E-state index contributed by atoms with van der Waals surface area (Å²) in [5.74, 6) is -0.0673. The fraction of sp³-hybridized carbons (Fsp3) is 0.400. The first-order chi connectivity index (χ1) is 16.1. The van der Waals surface area contributed by atoms with E-state index in [1.54, 1.807) is 58.2 Å². The molecule has 0 aliphatic heterocycles. The van der Waals surface area contributed by atoms with E-state index in [0.717, 1.165) is 0 Å². The Morgan fingerprint density at radius 3 is 2.38 bits per heavy atom. The molecule has 0 saturated carbocycles. The molecule has 0 bridgehead atoms. The van der Waals surface area contributed by atoms with E-state index in [9.17, 15) is 14.4 Å². The largest absolute Gasteiger partial charge is 0.490 e. The van der Waals surface area contributed by atoms with E-state index in [2.05, 4.69) is 10.6 Å². The standard InChI is InChI=1S/C23H27ClN2O6.C2H6/c1-23(2,3)32-22(29)25-13-15-5-7-19(24)18(11-15)21(28)26-17-6-8-20(16(12-17)14-27)31-10-9-30-4;1-2/h5-8,11-12,14H,9-10,13H2,1-4H3,(H,25,29)(H,26,28);1-2H3. The summed E-state index contributed by atoms with van der Waals surface area (Å²) >= 11 is 6.20. The van der Waals surface area contributed by atoms with Crippen LogP contribution in [0.15, 0.2) is 36.4 Å². The van der Waals surface area contributed by atoms with Crippen LogP contribution in [0, 0.1) is 0 Å². The molecule has 8 nitrogen and oxygen atoms in total. The Balaban J connectivity index is 0.00000281. The van der Waals surface area contributed by atoms with Crippen molar-refractivity contribution in [1.29, 1.82) is 0 Å². The maximum absolute atomic E-state index is 12.8. The molecule has 0 heterocycles. The highest BCUT2D eigenvalue weighted by Crippen LogP contribution is 2.24. The van der Waals surface area contributed by atoms with Gasteiger partial charge in [0.2, 0.25) is 0 Å². The molecule has 2 aromatic rings. The summed E-state index contributed by atoms with van der Waals surface area (Å²) < 4.78 is 15.6. The molecule has 2 N–H and O–H groups in total. The van der Waals surface area contributed by atoms with Gasteiger partial charge < -0.3 is 24.8 Å². The highest BCUT2D eigenvalue weighted by atomic mass is 35.5. The Morgan fingerprint density at radius 2 is 1.76 bits per heavy atom. The summed E-state index contributed by atoms with van der Waals surface area (Å²) in [7, 11) is 1.55. The highest BCUT2D eigenvalue weighted by Gasteiger charge is 2.17. The second-order valence-corrected chi connectivity index (χ2v) is 8.24. The van der Waals surface area contributed by atoms with Gasteiger partial charge in [-0.2, -0.15) is 0 Å². The number of ether oxygens (including phenoxy) is 3. The van der Waals surface area contributed by atoms with Crippen molar-refractivity contribution in [3.05, 3.63) is 58.1 Å². The normalized spacial score (nSPS) is 10.4. The molecule has 2 aromatic carbocycles. The van der Waals surface area contributed by atoms with Gasteiger partial charge in [0, 0.05) is 19.3 Å². The number of rotatable bonds is 9. The van der Waals surface area contributed by atoms with Gasteiger partial charge in [0.25, 0.3) is 5.91 Å². The van der Waals surface area contributed by atoms with Crippen molar-refractivity contribution < 1.29 is 28.6 Å². The molecule has 0 radical (unpaired) electrons. The van der Waals surface area contributed by atoms with Gasteiger partial charge in [-0.3, -0.25) is 9.59 Å². The predicted octanol–water partition coefficient (Wildman–Crippen LogP) is 5.48. The average Bonchev–Trinajstić information content (AvgIpc) is 2.79. The minimum Gasteiger partial charge on any atom is -0.490 e. The van der Waals surface area contributed by atoms with Crippen LogP contribution in [-0.2, 0) is 16.0 Å². The fourth-order valence-electron chi connectivity index (χ4n) is 2.63. The van der Waals surface area contributed by atoms with Crippen molar-refractivity contribution in [2.75, 3.05) is 25.6 Å². The van der Waals surface area contributed by atoms with Gasteiger partial charge in [0.15, 0.2) is 6.29 Å². The summed E-state index contributed by atoms with van der Waals surface area (Å²) in [6.07, 6.45) is 0.0842. The van der Waals surface area contributed by atoms with E-state index in [4.69, 9.17) is 25.8 Å². The van der Waals surface area contributed by atoms with E-state index < -0.39 is 17.6 Å². The molecular weight excluding hydrogens is 460 g/mol.